The van der Waals surface area contributed by atoms with Gasteiger partial charge in [0.25, 0.3) is 0 Å². The minimum Gasteiger partial charge on any atom is -0.325 e. The predicted molar refractivity (Wildman–Crippen MR) is 145 cm³/mol. The highest BCUT2D eigenvalue weighted by Gasteiger charge is 2.51. The van der Waals surface area contributed by atoms with Crippen molar-refractivity contribution in [3.05, 3.63) is 89.1 Å². The van der Waals surface area contributed by atoms with Gasteiger partial charge in [-0.3, -0.25) is 19.3 Å². The Kier molecular flexibility index (Phi) is 5.94. The summed E-state index contributed by atoms with van der Waals surface area (Å²) in [5.41, 5.74) is 3.66. The maximum Gasteiger partial charge on any atom is 0.327 e. The number of benzene rings is 2. The fourth-order valence-corrected chi connectivity index (χ4v) is 6.11. The van der Waals surface area contributed by atoms with Crippen LogP contribution in [0.25, 0.3) is 0 Å². The molecular weight excluding hydrogens is 494 g/mol. The van der Waals surface area contributed by atoms with Crippen LogP contribution < -0.4 is 10.6 Å². The normalized spacial score (nSPS) is 21.8. The van der Waals surface area contributed by atoms with Gasteiger partial charge in [0.1, 0.15) is 12.4 Å². The summed E-state index contributed by atoms with van der Waals surface area (Å²) >= 11 is 0. The molecule has 9 heteroatoms. The average molecular weight is 524 g/mol. The van der Waals surface area contributed by atoms with Crippen LogP contribution in [0.4, 0.5) is 16.3 Å². The molecular formula is C30H29N5O4. The van der Waals surface area contributed by atoms with Crippen LogP contribution in [0.5, 0.6) is 0 Å². The van der Waals surface area contributed by atoms with Crippen molar-refractivity contribution in [1.29, 1.82) is 0 Å². The minimum atomic E-state index is -0.690. The van der Waals surface area contributed by atoms with Crippen LogP contribution in [0.3, 0.4) is 0 Å². The van der Waals surface area contributed by atoms with Crippen LogP contribution in [0.15, 0.2) is 66.9 Å². The highest BCUT2D eigenvalue weighted by atomic mass is 16.2. The largest absolute Gasteiger partial charge is 0.327 e. The number of amides is 5. The fraction of sp³-hybridized carbons (Fsp3) is 0.300. The van der Waals surface area contributed by atoms with E-state index >= 15 is 0 Å². The molecule has 2 atom stereocenters. The number of pyridine rings is 1. The number of nitrogens with one attached hydrogen (secondary N) is 2. The number of rotatable bonds is 5. The zero-order chi connectivity index (χ0) is 27.3. The molecule has 1 unspecified atom stereocenters. The van der Waals surface area contributed by atoms with Crippen molar-refractivity contribution >= 4 is 35.3 Å². The van der Waals surface area contributed by atoms with Crippen LogP contribution in [0, 0.1) is 0 Å². The molecule has 2 N–H and O–H groups in total. The van der Waals surface area contributed by atoms with E-state index in [0.717, 1.165) is 22.3 Å². The van der Waals surface area contributed by atoms with E-state index in [-0.39, 0.29) is 36.7 Å². The maximum atomic E-state index is 13.4. The Labute approximate surface area is 226 Å². The van der Waals surface area contributed by atoms with Gasteiger partial charge in [0.2, 0.25) is 17.7 Å². The molecule has 1 saturated heterocycles. The minimum absolute atomic E-state index is 0.0576. The Hall–Kier alpha value is -4.53. The molecule has 1 spiro atoms. The zero-order valence-electron chi connectivity index (χ0n) is 21.8. The van der Waals surface area contributed by atoms with Gasteiger partial charge in [0.05, 0.1) is 17.9 Å². The standard InChI is InChI=1S/C30H29N5O4/c1-18(2)35-26(37)14-24(19-7-4-3-5-8-19)34(29(35)39)17-25(36)32-22-11-10-20-15-30(16-21(20)13-22)23-9-6-12-31-27(23)33-28(30)38/h3-13,18,24H,14-17H2,1-2H3,(H,32,36)(H,31,33,38)/t24?,30-/m1/s1. The monoisotopic (exact) mass is 523 g/mol. The molecule has 0 bridgehead atoms. The number of urea groups is 1. The molecule has 3 aliphatic rings. The van der Waals surface area contributed by atoms with Gasteiger partial charge in [-0.25, -0.2) is 9.78 Å². The van der Waals surface area contributed by atoms with Gasteiger partial charge in [-0.15, -0.1) is 0 Å². The van der Waals surface area contributed by atoms with Crippen LogP contribution in [-0.4, -0.2) is 51.1 Å². The van der Waals surface area contributed by atoms with Gasteiger partial charge in [-0.2, -0.15) is 0 Å². The SMILES string of the molecule is CC(C)N1C(=O)CC(c2ccccc2)N(CC(=O)Nc2ccc3c(c2)C[C@@]2(C3)C(=O)Nc3ncccc32)C1=O. The second-order valence-corrected chi connectivity index (χ2v) is 10.7. The number of carbonyl (C=O) groups excluding carboxylic acids is 4. The summed E-state index contributed by atoms with van der Waals surface area (Å²) in [5.74, 6) is -0.0568. The molecule has 2 aromatic carbocycles. The van der Waals surface area contributed by atoms with E-state index in [2.05, 4.69) is 15.6 Å². The molecule has 39 heavy (non-hydrogen) atoms. The lowest BCUT2D eigenvalue weighted by atomic mass is 9.79. The molecule has 5 amide bonds. The van der Waals surface area contributed by atoms with Crippen LogP contribution in [0.2, 0.25) is 0 Å². The van der Waals surface area contributed by atoms with E-state index in [1.807, 2.05) is 60.7 Å². The van der Waals surface area contributed by atoms with Gasteiger partial charge in [0, 0.05) is 23.5 Å². The van der Waals surface area contributed by atoms with E-state index in [9.17, 15) is 19.2 Å². The third-order valence-corrected chi connectivity index (χ3v) is 7.94. The van der Waals surface area contributed by atoms with Gasteiger partial charge in [-0.1, -0.05) is 42.5 Å². The molecule has 9 nitrogen and oxygen atoms in total. The number of aromatic nitrogens is 1. The lowest BCUT2D eigenvalue weighted by Crippen LogP contribution is -2.57. The van der Waals surface area contributed by atoms with Gasteiger partial charge in [-0.05, 0) is 61.6 Å². The van der Waals surface area contributed by atoms with Crippen LogP contribution in [-0.2, 0) is 32.6 Å². The highest BCUT2D eigenvalue weighted by molar-refractivity contribution is 6.06. The Morgan fingerprint density at radius 1 is 1.05 bits per heavy atom. The van der Waals surface area contributed by atoms with E-state index < -0.39 is 17.5 Å². The Bertz CT molecular complexity index is 1500. The summed E-state index contributed by atoms with van der Waals surface area (Å²) in [6, 6.07) is 17.5. The number of imide groups is 1. The smallest absolute Gasteiger partial charge is 0.325 e. The average Bonchev–Trinajstić information content (AvgIpc) is 3.43. The van der Waals surface area contributed by atoms with E-state index in [0.29, 0.717) is 24.3 Å². The summed E-state index contributed by atoms with van der Waals surface area (Å²) in [4.78, 5) is 59.5. The van der Waals surface area contributed by atoms with Crippen molar-refractivity contribution < 1.29 is 19.2 Å². The van der Waals surface area contributed by atoms with E-state index in [1.54, 1.807) is 20.0 Å². The Morgan fingerprint density at radius 3 is 2.59 bits per heavy atom. The van der Waals surface area contributed by atoms with Gasteiger partial charge >= 0.3 is 6.03 Å². The summed E-state index contributed by atoms with van der Waals surface area (Å²) in [6.45, 7) is 3.37. The Balaban J connectivity index is 1.21. The highest BCUT2D eigenvalue weighted by Crippen LogP contribution is 2.47. The van der Waals surface area contributed by atoms with Crippen molar-refractivity contribution in [2.75, 3.05) is 17.2 Å². The lowest BCUT2D eigenvalue weighted by Gasteiger charge is -2.41. The Morgan fingerprint density at radius 2 is 1.82 bits per heavy atom. The van der Waals surface area contributed by atoms with E-state index in [4.69, 9.17) is 0 Å². The van der Waals surface area contributed by atoms with Gasteiger partial charge < -0.3 is 15.5 Å². The van der Waals surface area contributed by atoms with Crippen LogP contribution in [0.1, 0.15) is 48.6 Å². The first-order valence-electron chi connectivity index (χ1n) is 13.1. The molecule has 6 rings (SSSR count). The van der Waals surface area contributed by atoms with Crippen molar-refractivity contribution in [2.24, 2.45) is 0 Å². The second kappa shape index (κ2) is 9.34. The number of hydrogen-bond donors (Lipinski definition) is 2. The number of carbonyl (C=O) groups is 4. The molecule has 2 aliphatic heterocycles. The third kappa shape index (κ3) is 4.14. The zero-order valence-corrected chi connectivity index (χ0v) is 21.8. The van der Waals surface area contributed by atoms with Crippen molar-refractivity contribution in [2.45, 2.75) is 50.6 Å². The summed E-state index contributed by atoms with van der Waals surface area (Å²) < 4.78 is 0. The topological polar surface area (TPSA) is 112 Å². The first-order valence-corrected chi connectivity index (χ1v) is 13.1. The van der Waals surface area contributed by atoms with Crippen LogP contribution >= 0.6 is 0 Å². The predicted octanol–water partition coefficient (Wildman–Crippen LogP) is 3.81. The summed E-state index contributed by atoms with van der Waals surface area (Å²) in [5, 5.41) is 5.84. The molecule has 1 aliphatic carbocycles. The fourth-order valence-electron chi connectivity index (χ4n) is 6.11. The first-order chi connectivity index (χ1) is 18.8. The molecule has 0 radical (unpaired) electrons. The number of anilines is 2. The molecule has 3 aromatic rings. The quantitative estimate of drug-likeness (QED) is 0.528. The molecule has 1 fully saturated rings. The number of fused-ring (bicyclic) bond motifs is 3. The number of hydrogen-bond acceptors (Lipinski definition) is 5. The summed E-state index contributed by atoms with van der Waals surface area (Å²) in [6.07, 6.45) is 2.87. The third-order valence-electron chi connectivity index (χ3n) is 7.94. The molecule has 0 saturated carbocycles. The molecule has 3 heterocycles. The maximum absolute atomic E-state index is 13.4. The lowest BCUT2D eigenvalue weighted by molar-refractivity contribution is -0.135. The summed E-state index contributed by atoms with van der Waals surface area (Å²) in [7, 11) is 0. The van der Waals surface area contributed by atoms with Crippen molar-refractivity contribution in [3.8, 4) is 0 Å². The van der Waals surface area contributed by atoms with Crippen molar-refractivity contribution in [3.63, 3.8) is 0 Å². The van der Waals surface area contributed by atoms with Crippen molar-refractivity contribution in [1.82, 2.24) is 14.8 Å². The number of nitrogens with zero attached hydrogens (tertiary/aromatic N) is 3. The molecule has 1 aromatic heterocycles. The van der Waals surface area contributed by atoms with E-state index in [1.165, 1.54) is 9.80 Å². The molecule has 198 valence electrons. The first kappa shape index (κ1) is 24.8. The second-order valence-electron chi connectivity index (χ2n) is 10.7. The van der Waals surface area contributed by atoms with Gasteiger partial charge in [0.15, 0.2) is 0 Å².